The maximum atomic E-state index is 12.8. The number of urea groups is 1. The smallest absolute Gasteiger partial charge is 0.322 e. The summed E-state index contributed by atoms with van der Waals surface area (Å²) in [6.45, 7) is 1.80. The fourth-order valence-corrected chi connectivity index (χ4v) is 3.01. The Hall–Kier alpha value is -2.50. The van der Waals surface area contributed by atoms with E-state index in [1.54, 1.807) is 41.7 Å². The van der Waals surface area contributed by atoms with Gasteiger partial charge in [0, 0.05) is 47.8 Å². The predicted molar refractivity (Wildman–Crippen MR) is 109 cm³/mol. The number of benzene rings is 2. The highest BCUT2D eigenvalue weighted by molar-refractivity contribution is 6.31. The molecule has 0 fully saturated rings. The van der Waals surface area contributed by atoms with Gasteiger partial charge in [-0.2, -0.15) is 0 Å². The van der Waals surface area contributed by atoms with E-state index >= 15 is 0 Å². The van der Waals surface area contributed by atoms with Gasteiger partial charge in [-0.15, -0.1) is 0 Å². The van der Waals surface area contributed by atoms with Crippen molar-refractivity contribution < 1.29 is 4.79 Å². The Labute approximate surface area is 168 Å². The van der Waals surface area contributed by atoms with Crippen LogP contribution in [-0.4, -0.2) is 27.0 Å². The zero-order chi connectivity index (χ0) is 19.1. The van der Waals surface area contributed by atoms with E-state index in [-0.39, 0.29) is 6.03 Å². The van der Waals surface area contributed by atoms with Crippen LogP contribution in [0.4, 0.5) is 10.5 Å². The third-order valence-electron chi connectivity index (χ3n) is 4.11. The summed E-state index contributed by atoms with van der Waals surface area (Å²) < 4.78 is 1.99. The molecule has 3 aromatic rings. The first kappa shape index (κ1) is 19.3. The predicted octanol–water partition coefficient (Wildman–Crippen LogP) is 5.31. The lowest BCUT2D eigenvalue weighted by molar-refractivity contribution is 0.207. The molecular weight excluding hydrogens is 383 g/mol. The first-order chi connectivity index (χ1) is 13.1. The molecule has 3 rings (SSSR count). The van der Waals surface area contributed by atoms with Gasteiger partial charge >= 0.3 is 6.03 Å². The minimum Gasteiger partial charge on any atom is -0.337 e. The number of aryl methyl sites for hydroxylation is 1. The van der Waals surface area contributed by atoms with Crippen molar-refractivity contribution in [3.63, 3.8) is 0 Å². The molecule has 0 unspecified atom stereocenters. The molecule has 2 aromatic carbocycles. The second-order valence-electron chi connectivity index (χ2n) is 6.10. The molecule has 27 heavy (non-hydrogen) atoms. The van der Waals surface area contributed by atoms with Crippen LogP contribution in [0.25, 0.3) is 0 Å². The second kappa shape index (κ2) is 9.44. The molecular formula is C20H20Cl2N4O. The molecule has 0 aliphatic rings. The number of hydrogen-bond acceptors (Lipinski definition) is 2. The molecule has 0 bridgehead atoms. The number of carbonyl (C=O) groups is 1. The van der Waals surface area contributed by atoms with Crippen LogP contribution in [0.1, 0.15) is 12.0 Å². The van der Waals surface area contributed by atoms with Crippen LogP contribution in [0.15, 0.2) is 67.3 Å². The van der Waals surface area contributed by atoms with Crippen LogP contribution >= 0.6 is 23.2 Å². The average molecular weight is 403 g/mol. The summed E-state index contributed by atoms with van der Waals surface area (Å²) in [5.74, 6) is 0. The van der Waals surface area contributed by atoms with Crippen LogP contribution in [0.3, 0.4) is 0 Å². The van der Waals surface area contributed by atoms with Crippen molar-refractivity contribution in [3.8, 4) is 0 Å². The Balaban J connectivity index is 1.68. The van der Waals surface area contributed by atoms with Gasteiger partial charge in [-0.05, 0) is 42.3 Å². The Morgan fingerprint density at radius 2 is 1.89 bits per heavy atom. The molecule has 5 nitrogen and oxygen atoms in total. The van der Waals surface area contributed by atoms with Crippen molar-refractivity contribution in [1.29, 1.82) is 0 Å². The summed E-state index contributed by atoms with van der Waals surface area (Å²) in [6.07, 6.45) is 6.22. The van der Waals surface area contributed by atoms with Crippen LogP contribution in [0.5, 0.6) is 0 Å². The quantitative estimate of drug-likeness (QED) is 0.581. The van der Waals surface area contributed by atoms with Crippen molar-refractivity contribution in [2.75, 3.05) is 11.9 Å². The summed E-state index contributed by atoms with van der Waals surface area (Å²) in [6, 6.07) is 14.4. The Morgan fingerprint density at radius 1 is 1.11 bits per heavy atom. The number of rotatable bonds is 7. The fraction of sp³-hybridized carbons (Fsp3) is 0.200. The lowest BCUT2D eigenvalue weighted by Gasteiger charge is -2.24. The van der Waals surface area contributed by atoms with E-state index in [4.69, 9.17) is 23.2 Å². The number of amides is 2. The maximum Gasteiger partial charge on any atom is 0.322 e. The molecule has 0 atom stereocenters. The van der Waals surface area contributed by atoms with E-state index in [2.05, 4.69) is 10.3 Å². The Bertz CT molecular complexity index is 866. The number of hydrogen-bond donors (Lipinski definition) is 1. The Kier molecular flexibility index (Phi) is 6.74. The van der Waals surface area contributed by atoms with Gasteiger partial charge in [-0.3, -0.25) is 0 Å². The lowest BCUT2D eigenvalue weighted by Crippen LogP contribution is -2.35. The molecule has 1 aromatic heterocycles. The number of carbonyl (C=O) groups excluding carboxylic acids is 1. The van der Waals surface area contributed by atoms with Gasteiger partial charge in [0.2, 0.25) is 0 Å². The van der Waals surface area contributed by atoms with E-state index in [1.165, 1.54) is 0 Å². The van der Waals surface area contributed by atoms with Crippen LogP contribution < -0.4 is 5.32 Å². The zero-order valence-corrected chi connectivity index (χ0v) is 16.2. The standard InChI is InChI=1S/C20H20Cl2N4O/c21-17-6-8-18(9-7-17)24-20(27)26(12-3-11-25-13-10-23-15-25)14-16-4-1-2-5-19(16)22/h1-2,4-10,13,15H,3,11-12,14H2,(H,24,27). The monoisotopic (exact) mass is 402 g/mol. The second-order valence-corrected chi connectivity index (χ2v) is 6.95. The van der Waals surface area contributed by atoms with Crippen LogP contribution in [-0.2, 0) is 13.1 Å². The average Bonchev–Trinajstić information content (AvgIpc) is 3.18. The minimum atomic E-state index is -0.178. The summed E-state index contributed by atoms with van der Waals surface area (Å²) in [7, 11) is 0. The molecule has 0 saturated heterocycles. The van der Waals surface area contributed by atoms with Crippen molar-refractivity contribution >= 4 is 34.9 Å². The van der Waals surface area contributed by atoms with E-state index in [0.29, 0.717) is 28.8 Å². The first-order valence-corrected chi connectivity index (χ1v) is 9.38. The van der Waals surface area contributed by atoms with Crippen molar-refractivity contribution in [2.24, 2.45) is 0 Å². The zero-order valence-electron chi connectivity index (χ0n) is 14.7. The number of imidazole rings is 1. The van der Waals surface area contributed by atoms with Crippen LogP contribution in [0, 0.1) is 0 Å². The molecule has 0 aliphatic carbocycles. The number of halogens is 2. The van der Waals surface area contributed by atoms with E-state index < -0.39 is 0 Å². The third-order valence-corrected chi connectivity index (χ3v) is 4.73. The van der Waals surface area contributed by atoms with E-state index in [9.17, 15) is 4.79 Å². The van der Waals surface area contributed by atoms with E-state index in [0.717, 1.165) is 18.5 Å². The van der Waals surface area contributed by atoms with Gasteiger partial charge in [0.1, 0.15) is 0 Å². The summed E-state index contributed by atoms with van der Waals surface area (Å²) >= 11 is 12.2. The van der Waals surface area contributed by atoms with Crippen molar-refractivity contribution in [1.82, 2.24) is 14.5 Å². The van der Waals surface area contributed by atoms with Gasteiger partial charge < -0.3 is 14.8 Å². The van der Waals surface area contributed by atoms with Crippen molar-refractivity contribution in [3.05, 3.63) is 82.9 Å². The molecule has 0 spiro atoms. The SMILES string of the molecule is O=C(Nc1ccc(Cl)cc1)N(CCCn1ccnc1)Cc1ccccc1Cl. The number of anilines is 1. The van der Waals surface area contributed by atoms with Crippen LogP contribution in [0.2, 0.25) is 10.0 Å². The van der Waals surface area contributed by atoms with Gasteiger partial charge in [0.15, 0.2) is 0 Å². The van der Waals surface area contributed by atoms with Gasteiger partial charge in [0.25, 0.3) is 0 Å². The Morgan fingerprint density at radius 3 is 2.59 bits per heavy atom. The topological polar surface area (TPSA) is 50.2 Å². The van der Waals surface area contributed by atoms with E-state index in [1.807, 2.05) is 35.0 Å². The number of nitrogens with zero attached hydrogens (tertiary/aromatic N) is 3. The minimum absolute atomic E-state index is 0.178. The molecule has 0 radical (unpaired) electrons. The molecule has 2 amide bonds. The molecule has 7 heteroatoms. The lowest BCUT2D eigenvalue weighted by atomic mass is 10.2. The highest BCUT2D eigenvalue weighted by Crippen LogP contribution is 2.19. The highest BCUT2D eigenvalue weighted by Gasteiger charge is 2.15. The van der Waals surface area contributed by atoms with Gasteiger partial charge in [-0.1, -0.05) is 41.4 Å². The normalized spacial score (nSPS) is 10.6. The van der Waals surface area contributed by atoms with Gasteiger partial charge in [-0.25, -0.2) is 9.78 Å². The molecule has 0 aliphatic heterocycles. The summed E-state index contributed by atoms with van der Waals surface area (Å²) in [5, 5.41) is 4.19. The summed E-state index contributed by atoms with van der Waals surface area (Å²) in [5.41, 5.74) is 1.61. The fourth-order valence-electron chi connectivity index (χ4n) is 2.68. The first-order valence-electron chi connectivity index (χ1n) is 8.62. The number of aromatic nitrogens is 2. The third kappa shape index (κ3) is 5.74. The highest BCUT2D eigenvalue weighted by atomic mass is 35.5. The number of nitrogens with one attached hydrogen (secondary N) is 1. The largest absolute Gasteiger partial charge is 0.337 e. The van der Waals surface area contributed by atoms with Gasteiger partial charge in [0.05, 0.1) is 6.33 Å². The maximum absolute atomic E-state index is 12.8. The molecule has 140 valence electrons. The molecule has 0 saturated carbocycles. The van der Waals surface area contributed by atoms with Crippen molar-refractivity contribution in [2.45, 2.75) is 19.5 Å². The molecule has 1 N–H and O–H groups in total. The molecule has 1 heterocycles. The summed E-state index contributed by atoms with van der Waals surface area (Å²) in [4.78, 5) is 18.6.